The lowest BCUT2D eigenvalue weighted by molar-refractivity contribution is 0.306. The molecule has 0 aromatic heterocycles. The standard InChI is InChI=1S/C10H23O5P3.CH4/c1-5-8-16(4)13-17(11,9-6-2)15-18(12,14-16)10-7-3;/h4-10H2,1-3H3;1H4. The Morgan fingerprint density at radius 2 is 1.16 bits per heavy atom. The molecule has 1 rings (SSSR count). The van der Waals surface area contributed by atoms with Gasteiger partial charge in [-0.15, -0.1) is 0 Å². The fourth-order valence-electron chi connectivity index (χ4n) is 1.82. The van der Waals surface area contributed by atoms with Crippen LogP contribution in [0.4, 0.5) is 0 Å². The Bertz CT molecular complexity index is 341. The molecule has 1 fully saturated rings. The lowest BCUT2D eigenvalue weighted by Crippen LogP contribution is -2.10. The summed E-state index contributed by atoms with van der Waals surface area (Å²) in [4.78, 5) is 0. The van der Waals surface area contributed by atoms with Gasteiger partial charge in [0, 0.05) is 6.16 Å². The van der Waals surface area contributed by atoms with E-state index in [4.69, 9.17) is 12.9 Å². The van der Waals surface area contributed by atoms with Gasteiger partial charge in [-0.05, 0) is 19.3 Å². The molecular formula is C11H27O5P3. The van der Waals surface area contributed by atoms with Crippen LogP contribution in [0.2, 0.25) is 0 Å². The van der Waals surface area contributed by atoms with Crippen LogP contribution in [0.5, 0.6) is 0 Å². The first-order valence-corrected chi connectivity index (χ1v) is 11.8. The van der Waals surface area contributed by atoms with E-state index in [2.05, 4.69) is 6.30 Å². The Morgan fingerprint density at radius 3 is 1.47 bits per heavy atom. The van der Waals surface area contributed by atoms with Crippen LogP contribution in [-0.4, -0.2) is 24.8 Å². The fraction of sp³-hybridized carbons (Fsp3) is 0.909. The van der Waals surface area contributed by atoms with E-state index in [0.717, 1.165) is 6.42 Å². The van der Waals surface area contributed by atoms with Crippen LogP contribution in [-0.2, 0) is 22.1 Å². The van der Waals surface area contributed by atoms with E-state index in [-0.39, 0.29) is 19.8 Å². The highest BCUT2D eigenvalue weighted by molar-refractivity contribution is 7.83. The highest BCUT2D eigenvalue weighted by Gasteiger charge is 2.47. The largest absolute Gasteiger partial charge is 0.342 e. The van der Waals surface area contributed by atoms with Gasteiger partial charge in [-0.2, -0.15) is 0 Å². The van der Waals surface area contributed by atoms with Crippen molar-refractivity contribution < 1.29 is 22.1 Å². The van der Waals surface area contributed by atoms with Crippen molar-refractivity contribution in [3.63, 3.8) is 0 Å². The lowest BCUT2D eigenvalue weighted by Gasteiger charge is -2.37. The Labute approximate surface area is 117 Å². The molecule has 5 nitrogen and oxygen atoms in total. The first-order valence-electron chi connectivity index (χ1n) is 6.35. The molecule has 1 aliphatic rings. The average Bonchev–Trinajstić information content (AvgIpc) is 2.14. The Morgan fingerprint density at radius 1 is 0.789 bits per heavy atom. The van der Waals surface area contributed by atoms with E-state index >= 15 is 0 Å². The minimum Gasteiger partial charge on any atom is -0.262 e. The van der Waals surface area contributed by atoms with E-state index in [1.54, 1.807) is 0 Å². The summed E-state index contributed by atoms with van der Waals surface area (Å²) < 4.78 is 41.3. The second-order valence-electron chi connectivity index (χ2n) is 4.45. The summed E-state index contributed by atoms with van der Waals surface area (Å²) in [6, 6.07) is 0. The normalized spacial score (nSPS) is 38.7. The predicted octanol–water partition coefficient (Wildman–Crippen LogP) is 5.58. The maximum atomic E-state index is 12.5. The molecular weight excluding hydrogens is 305 g/mol. The third-order valence-corrected chi connectivity index (χ3v) is 11.8. The highest BCUT2D eigenvalue weighted by atomic mass is 31.3. The zero-order valence-electron chi connectivity index (χ0n) is 11.3. The Kier molecular flexibility index (Phi) is 7.85. The molecule has 19 heavy (non-hydrogen) atoms. The predicted molar refractivity (Wildman–Crippen MR) is 84.7 cm³/mol. The molecule has 2 atom stereocenters. The SMILES string of the molecule is C.C=P1(CCC)OP(=O)(CCC)OP(=O)(CCC)O1. The topological polar surface area (TPSA) is 61.8 Å². The molecule has 1 heterocycles. The molecule has 0 radical (unpaired) electrons. The van der Waals surface area contributed by atoms with E-state index in [9.17, 15) is 9.13 Å². The fourth-order valence-corrected chi connectivity index (χ4v) is 11.9. The molecule has 0 spiro atoms. The first kappa shape index (κ1) is 19.6. The molecule has 0 amide bonds. The summed E-state index contributed by atoms with van der Waals surface area (Å²) in [6.07, 6.45) is 7.09. The van der Waals surface area contributed by atoms with Crippen LogP contribution in [0.1, 0.15) is 47.5 Å². The van der Waals surface area contributed by atoms with Crippen molar-refractivity contribution in [2.24, 2.45) is 0 Å². The van der Waals surface area contributed by atoms with Crippen LogP contribution in [0.3, 0.4) is 0 Å². The smallest absolute Gasteiger partial charge is 0.262 e. The van der Waals surface area contributed by atoms with Crippen LogP contribution < -0.4 is 0 Å². The molecule has 0 aromatic rings. The number of hydrogen-bond donors (Lipinski definition) is 0. The van der Waals surface area contributed by atoms with E-state index in [1.165, 1.54) is 0 Å². The van der Waals surface area contributed by atoms with Crippen LogP contribution in [0.15, 0.2) is 0 Å². The van der Waals surface area contributed by atoms with Crippen LogP contribution in [0.25, 0.3) is 0 Å². The summed E-state index contributed by atoms with van der Waals surface area (Å²) in [5.41, 5.74) is 0. The van der Waals surface area contributed by atoms with Gasteiger partial charge in [0.2, 0.25) is 0 Å². The molecule has 116 valence electrons. The van der Waals surface area contributed by atoms with Gasteiger partial charge < -0.3 is 0 Å². The summed E-state index contributed by atoms with van der Waals surface area (Å²) in [6.45, 7) is 5.73. The zero-order chi connectivity index (χ0) is 13.9. The van der Waals surface area contributed by atoms with E-state index in [0.29, 0.717) is 19.0 Å². The van der Waals surface area contributed by atoms with Crippen molar-refractivity contribution in [1.82, 2.24) is 0 Å². The van der Waals surface area contributed by atoms with Gasteiger partial charge in [-0.3, -0.25) is 17.8 Å². The van der Waals surface area contributed by atoms with Crippen LogP contribution >= 0.6 is 22.5 Å². The molecule has 0 saturated carbocycles. The summed E-state index contributed by atoms with van der Waals surface area (Å²) in [7, 11) is -9.20. The Hall–Kier alpha value is 0.640. The minimum absolute atomic E-state index is 0. The Balaban J connectivity index is 0.00000324. The van der Waals surface area contributed by atoms with Gasteiger partial charge in [0.25, 0.3) is 0 Å². The number of rotatable bonds is 6. The maximum Gasteiger partial charge on any atom is 0.342 e. The van der Waals surface area contributed by atoms with Gasteiger partial charge in [0.05, 0.1) is 12.3 Å². The van der Waals surface area contributed by atoms with Gasteiger partial charge in [-0.25, -0.2) is 4.31 Å². The quantitative estimate of drug-likeness (QED) is 0.594. The molecule has 1 saturated heterocycles. The third kappa shape index (κ3) is 5.50. The number of hydrogen-bond acceptors (Lipinski definition) is 5. The van der Waals surface area contributed by atoms with Crippen molar-refractivity contribution in [2.45, 2.75) is 47.5 Å². The van der Waals surface area contributed by atoms with Gasteiger partial charge in [0.15, 0.2) is 0 Å². The zero-order valence-corrected chi connectivity index (χ0v) is 14.0. The lowest BCUT2D eigenvalue weighted by atomic mass is 10.6. The molecule has 0 aliphatic carbocycles. The van der Waals surface area contributed by atoms with Gasteiger partial charge in [0.1, 0.15) is 7.34 Å². The monoisotopic (exact) mass is 332 g/mol. The van der Waals surface area contributed by atoms with Crippen molar-refractivity contribution >= 4 is 28.8 Å². The molecule has 0 aromatic carbocycles. The van der Waals surface area contributed by atoms with Gasteiger partial charge in [-0.1, -0.05) is 34.5 Å². The molecule has 0 bridgehead atoms. The first-order chi connectivity index (χ1) is 8.30. The van der Waals surface area contributed by atoms with E-state index < -0.39 is 22.5 Å². The van der Waals surface area contributed by atoms with Crippen molar-refractivity contribution in [3.8, 4) is 0 Å². The second-order valence-corrected chi connectivity index (χ2v) is 11.8. The molecule has 0 N–H and O–H groups in total. The maximum absolute atomic E-state index is 12.5. The van der Waals surface area contributed by atoms with Crippen molar-refractivity contribution in [3.05, 3.63) is 0 Å². The third-order valence-electron chi connectivity index (χ3n) is 2.35. The molecule has 8 heteroatoms. The summed E-state index contributed by atoms with van der Waals surface area (Å²) in [5, 5.41) is 0. The molecule has 2 unspecified atom stereocenters. The average molecular weight is 332 g/mol. The van der Waals surface area contributed by atoms with Crippen LogP contribution in [0, 0.1) is 0 Å². The van der Waals surface area contributed by atoms with E-state index in [1.807, 2.05) is 20.8 Å². The van der Waals surface area contributed by atoms with Crippen molar-refractivity contribution in [2.75, 3.05) is 18.5 Å². The second kappa shape index (κ2) is 7.59. The highest BCUT2D eigenvalue weighted by Crippen LogP contribution is 2.82. The molecule has 1 aliphatic heterocycles. The summed E-state index contributed by atoms with van der Waals surface area (Å²) >= 11 is 0. The minimum atomic E-state index is -3.32. The summed E-state index contributed by atoms with van der Waals surface area (Å²) in [5.74, 6) is 0. The van der Waals surface area contributed by atoms with Gasteiger partial charge >= 0.3 is 15.2 Å². The van der Waals surface area contributed by atoms with Crippen molar-refractivity contribution in [1.29, 1.82) is 0 Å².